The highest BCUT2D eigenvalue weighted by atomic mass is 35.5. The van der Waals surface area contributed by atoms with E-state index >= 15 is 0 Å². The Morgan fingerprint density at radius 3 is 2.58 bits per heavy atom. The third-order valence-electron chi connectivity index (χ3n) is 3.06. The first-order valence-corrected chi connectivity index (χ1v) is 7.03. The Bertz CT molecular complexity index is 559. The predicted molar refractivity (Wildman–Crippen MR) is 80.4 cm³/mol. The van der Waals surface area contributed by atoms with E-state index in [1.165, 1.54) is 0 Å². The third-order valence-corrected chi connectivity index (χ3v) is 3.76. The first-order valence-electron chi connectivity index (χ1n) is 6.28. The number of aryl methyl sites for hydroxylation is 1. The quantitative estimate of drug-likeness (QED) is 0.918. The van der Waals surface area contributed by atoms with Crippen LogP contribution in [0, 0.1) is 6.92 Å². The van der Waals surface area contributed by atoms with Crippen molar-refractivity contribution in [1.29, 1.82) is 0 Å². The van der Waals surface area contributed by atoms with Crippen LogP contribution in [0.1, 0.15) is 31.1 Å². The normalized spacial score (nSPS) is 12.7. The molecule has 0 aliphatic carbocycles. The van der Waals surface area contributed by atoms with E-state index in [1.54, 1.807) is 10.9 Å². The van der Waals surface area contributed by atoms with Gasteiger partial charge in [0.1, 0.15) is 0 Å². The molecule has 1 aromatic heterocycles. The molecule has 0 radical (unpaired) electrons. The van der Waals surface area contributed by atoms with E-state index in [1.807, 2.05) is 25.1 Å². The number of aromatic nitrogens is 2. The summed E-state index contributed by atoms with van der Waals surface area (Å²) in [6.07, 6.45) is 1.79. The monoisotopic (exact) mass is 297 g/mol. The van der Waals surface area contributed by atoms with Crippen LogP contribution in [-0.4, -0.2) is 16.3 Å². The largest absolute Gasteiger partial charge is 0.310 e. The lowest BCUT2D eigenvalue weighted by Crippen LogP contribution is -2.18. The molecule has 0 amide bonds. The Morgan fingerprint density at radius 1 is 1.32 bits per heavy atom. The van der Waals surface area contributed by atoms with Gasteiger partial charge in [0, 0.05) is 17.3 Å². The summed E-state index contributed by atoms with van der Waals surface area (Å²) in [6, 6.07) is 6.16. The highest BCUT2D eigenvalue weighted by Crippen LogP contribution is 2.26. The van der Waals surface area contributed by atoms with Gasteiger partial charge in [-0.3, -0.25) is 0 Å². The number of halogens is 2. The molecule has 19 heavy (non-hydrogen) atoms. The summed E-state index contributed by atoms with van der Waals surface area (Å²) in [5.41, 5.74) is 2.80. The molecule has 0 saturated carbocycles. The molecule has 1 heterocycles. The summed E-state index contributed by atoms with van der Waals surface area (Å²) in [7, 11) is 0. The summed E-state index contributed by atoms with van der Waals surface area (Å²) in [5.74, 6) is 0. The first kappa shape index (κ1) is 14.4. The summed E-state index contributed by atoms with van der Waals surface area (Å²) in [5, 5.41) is 9.08. The lowest BCUT2D eigenvalue weighted by Gasteiger charge is -2.15. The summed E-state index contributed by atoms with van der Waals surface area (Å²) in [4.78, 5) is 0. The van der Waals surface area contributed by atoms with E-state index in [0.29, 0.717) is 5.02 Å². The fraction of sp³-hybridized carbons (Fsp3) is 0.357. The number of hydrogen-bond acceptors (Lipinski definition) is 2. The van der Waals surface area contributed by atoms with Crippen molar-refractivity contribution in [2.75, 3.05) is 6.54 Å². The standard InChI is InChI=1S/C14H17Cl2N3/c1-4-17-9(2)12-6-5-11(7-13(12)15)19-8-14(16)10(3)18-19/h5-9,17H,4H2,1-3H3. The Labute approximate surface area is 123 Å². The topological polar surface area (TPSA) is 29.9 Å². The second-order valence-electron chi connectivity index (χ2n) is 4.49. The number of benzene rings is 1. The number of rotatable bonds is 4. The lowest BCUT2D eigenvalue weighted by molar-refractivity contribution is 0.598. The molecule has 0 saturated heterocycles. The number of nitrogens with one attached hydrogen (secondary N) is 1. The van der Waals surface area contributed by atoms with Gasteiger partial charge in [-0.2, -0.15) is 5.10 Å². The second-order valence-corrected chi connectivity index (χ2v) is 5.31. The Morgan fingerprint density at radius 2 is 2.05 bits per heavy atom. The zero-order chi connectivity index (χ0) is 14.0. The van der Waals surface area contributed by atoms with Crippen LogP contribution >= 0.6 is 23.2 Å². The van der Waals surface area contributed by atoms with Crippen LogP contribution in [0.2, 0.25) is 10.0 Å². The molecule has 0 aliphatic rings. The van der Waals surface area contributed by atoms with Crippen LogP contribution < -0.4 is 5.32 Å². The van der Waals surface area contributed by atoms with E-state index in [4.69, 9.17) is 23.2 Å². The molecule has 2 aromatic rings. The Kier molecular flexibility index (Phi) is 4.50. The van der Waals surface area contributed by atoms with E-state index < -0.39 is 0 Å². The molecule has 0 fully saturated rings. The van der Waals surface area contributed by atoms with Crippen LogP contribution in [-0.2, 0) is 0 Å². The molecule has 5 heteroatoms. The van der Waals surface area contributed by atoms with Crippen molar-refractivity contribution in [1.82, 2.24) is 15.1 Å². The van der Waals surface area contributed by atoms with Crippen molar-refractivity contribution in [2.24, 2.45) is 0 Å². The van der Waals surface area contributed by atoms with E-state index in [2.05, 4.69) is 24.3 Å². The van der Waals surface area contributed by atoms with Gasteiger partial charge in [-0.1, -0.05) is 36.2 Å². The van der Waals surface area contributed by atoms with Gasteiger partial charge >= 0.3 is 0 Å². The smallest absolute Gasteiger partial charge is 0.0819 e. The van der Waals surface area contributed by atoms with Crippen molar-refractivity contribution < 1.29 is 0 Å². The van der Waals surface area contributed by atoms with Crippen molar-refractivity contribution in [3.05, 3.63) is 45.7 Å². The fourth-order valence-corrected chi connectivity index (χ4v) is 2.47. The minimum atomic E-state index is 0.231. The average Bonchev–Trinajstić information content (AvgIpc) is 2.69. The third kappa shape index (κ3) is 3.11. The van der Waals surface area contributed by atoms with Crippen LogP contribution in [0.5, 0.6) is 0 Å². The van der Waals surface area contributed by atoms with Crippen molar-refractivity contribution in [3.63, 3.8) is 0 Å². The Balaban J connectivity index is 2.33. The van der Waals surface area contributed by atoms with Gasteiger partial charge in [0.15, 0.2) is 0 Å². The zero-order valence-corrected chi connectivity index (χ0v) is 12.8. The van der Waals surface area contributed by atoms with E-state index in [9.17, 15) is 0 Å². The molecule has 1 atom stereocenters. The van der Waals surface area contributed by atoms with Crippen LogP contribution in [0.4, 0.5) is 0 Å². The second kappa shape index (κ2) is 5.95. The highest BCUT2D eigenvalue weighted by molar-refractivity contribution is 6.31. The van der Waals surface area contributed by atoms with Gasteiger partial charge in [-0.25, -0.2) is 4.68 Å². The van der Waals surface area contributed by atoms with Gasteiger partial charge in [0.05, 0.1) is 16.4 Å². The van der Waals surface area contributed by atoms with Gasteiger partial charge in [0.2, 0.25) is 0 Å². The molecule has 3 nitrogen and oxygen atoms in total. The lowest BCUT2D eigenvalue weighted by atomic mass is 10.1. The highest BCUT2D eigenvalue weighted by Gasteiger charge is 2.11. The minimum absolute atomic E-state index is 0.231. The molecule has 102 valence electrons. The van der Waals surface area contributed by atoms with Gasteiger partial charge in [-0.15, -0.1) is 0 Å². The summed E-state index contributed by atoms with van der Waals surface area (Å²) < 4.78 is 1.74. The molecule has 1 unspecified atom stereocenters. The van der Waals surface area contributed by atoms with Crippen LogP contribution in [0.15, 0.2) is 24.4 Å². The molecular weight excluding hydrogens is 281 g/mol. The van der Waals surface area contributed by atoms with E-state index in [0.717, 1.165) is 28.5 Å². The maximum atomic E-state index is 6.34. The zero-order valence-electron chi connectivity index (χ0n) is 11.2. The number of hydrogen-bond donors (Lipinski definition) is 1. The van der Waals surface area contributed by atoms with Gasteiger partial charge in [-0.05, 0) is 38.1 Å². The van der Waals surface area contributed by atoms with Crippen molar-refractivity contribution in [3.8, 4) is 5.69 Å². The van der Waals surface area contributed by atoms with Crippen molar-refractivity contribution >= 4 is 23.2 Å². The summed E-state index contributed by atoms with van der Waals surface area (Å²) >= 11 is 12.4. The minimum Gasteiger partial charge on any atom is -0.310 e. The molecule has 0 bridgehead atoms. The molecule has 0 spiro atoms. The van der Waals surface area contributed by atoms with Gasteiger partial charge in [0.25, 0.3) is 0 Å². The summed E-state index contributed by atoms with van der Waals surface area (Å²) in [6.45, 7) is 6.96. The predicted octanol–water partition coefficient (Wildman–Crippen LogP) is 4.16. The van der Waals surface area contributed by atoms with Crippen LogP contribution in [0.3, 0.4) is 0 Å². The molecule has 0 aliphatic heterocycles. The average molecular weight is 298 g/mol. The maximum Gasteiger partial charge on any atom is 0.0819 e. The molecule has 2 rings (SSSR count). The molecule has 1 aromatic carbocycles. The molecule has 1 N–H and O–H groups in total. The SMILES string of the molecule is CCNC(C)c1ccc(-n2cc(Cl)c(C)n2)cc1Cl. The van der Waals surface area contributed by atoms with Gasteiger partial charge < -0.3 is 5.32 Å². The number of nitrogens with zero attached hydrogens (tertiary/aromatic N) is 2. The Hall–Kier alpha value is -1.03. The maximum absolute atomic E-state index is 6.34. The van der Waals surface area contributed by atoms with Crippen molar-refractivity contribution in [2.45, 2.75) is 26.8 Å². The van der Waals surface area contributed by atoms with Crippen LogP contribution in [0.25, 0.3) is 5.69 Å². The first-order chi connectivity index (χ1) is 9.02. The fourth-order valence-electron chi connectivity index (χ4n) is 2.00. The molecular formula is C14H17Cl2N3. The van der Waals surface area contributed by atoms with E-state index in [-0.39, 0.29) is 6.04 Å².